The number of likely N-dealkylation sites (tertiary alicyclic amines) is 1. The highest BCUT2D eigenvalue weighted by Gasteiger charge is 2.46. The standard InChI is InChI=1S/C46H48F3N11O9S.C2H6/c1-55-37-20-38(34(49)19-31(37)42(53-55)59-13-7-39(61)52-44(59)64)56-14-8-45(65,9-15-56)22-40(62)57-16-10-46(11-17-57)21-28(25-68-46)60-26-51-35-4-2-29(18-30(35)43(60)63)69-41-32(23-50)36(5-3-33(41)48)54-70(66,67)58-12-6-27(47)24-58;1-2/h2-5,18-20,26-28,54,65H,6-17,21-22,24-25H2,1H3,(H,52,61,64);1-2H3/t27-,28-;/m1./s1. The number of anilines is 3. The number of amides is 4. The zero-order valence-corrected chi connectivity index (χ0v) is 40.7. The number of ether oxygens (including phenoxy) is 2. The van der Waals surface area contributed by atoms with Gasteiger partial charge in [-0.15, -0.1) is 0 Å². The van der Waals surface area contributed by atoms with Crippen molar-refractivity contribution in [3.63, 3.8) is 0 Å². The number of aromatic nitrogens is 4. The molecule has 5 saturated heterocycles. The van der Waals surface area contributed by atoms with Crippen LogP contribution in [0.4, 0.5) is 35.2 Å². The highest BCUT2D eigenvalue weighted by Crippen LogP contribution is 2.42. The fourth-order valence-electron chi connectivity index (χ4n) is 10.2. The van der Waals surface area contributed by atoms with Gasteiger partial charge in [-0.1, -0.05) is 13.8 Å². The maximum atomic E-state index is 15.7. The summed E-state index contributed by atoms with van der Waals surface area (Å²) in [4.78, 5) is 61.2. The topological polar surface area (TPSA) is 238 Å². The predicted molar refractivity (Wildman–Crippen MR) is 258 cm³/mol. The van der Waals surface area contributed by atoms with E-state index in [0.717, 1.165) is 16.4 Å². The number of hydrogen-bond acceptors (Lipinski definition) is 13. The Morgan fingerprint density at radius 2 is 1.75 bits per heavy atom. The Morgan fingerprint density at radius 1 is 1.00 bits per heavy atom. The Balaban J connectivity index is 0.00000316. The summed E-state index contributed by atoms with van der Waals surface area (Å²) in [6.07, 6.45) is 1.98. The van der Waals surface area contributed by atoms with Crippen molar-refractivity contribution < 1.29 is 50.6 Å². The first-order chi connectivity index (χ1) is 34.4. The third-order valence-corrected chi connectivity index (χ3v) is 15.7. The molecule has 4 amide bonds. The number of hydrogen-bond donors (Lipinski definition) is 3. The number of piperidine rings is 2. The van der Waals surface area contributed by atoms with Crippen LogP contribution in [0.5, 0.6) is 11.5 Å². The molecule has 24 heteroatoms. The van der Waals surface area contributed by atoms with Gasteiger partial charge >= 0.3 is 16.2 Å². The lowest BCUT2D eigenvalue weighted by Crippen LogP contribution is -2.51. The van der Waals surface area contributed by atoms with Gasteiger partial charge < -0.3 is 24.4 Å². The van der Waals surface area contributed by atoms with E-state index in [1.165, 1.54) is 40.1 Å². The molecule has 20 nitrogen and oxygen atoms in total. The minimum absolute atomic E-state index is 0.0221. The van der Waals surface area contributed by atoms with Crippen molar-refractivity contribution in [2.24, 2.45) is 7.05 Å². The number of aryl methyl sites for hydroxylation is 1. The molecular formula is C48H54F3N11O9S. The quantitative estimate of drug-likeness (QED) is 0.165. The number of rotatable bonds is 10. The van der Waals surface area contributed by atoms with E-state index in [1.54, 1.807) is 28.8 Å². The van der Waals surface area contributed by atoms with Gasteiger partial charge in [-0.3, -0.25) is 38.6 Å². The first-order valence-corrected chi connectivity index (χ1v) is 25.4. The van der Waals surface area contributed by atoms with Gasteiger partial charge in [0, 0.05) is 64.7 Å². The van der Waals surface area contributed by atoms with Crippen molar-refractivity contribution in [3.05, 3.63) is 76.3 Å². The number of halogens is 3. The SMILES string of the molecule is CC.Cn1nc(N2CCC(=O)NC2=O)c2cc(F)c(N3CCC(O)(CC(=O)N4CCC5(CC4)C[C@@H](n4cnc6ccc(Oc7c(F)ccc(NS(=O)(=O)N8CC[C@@H](F)C8)c7C#N)cc6c4=O)CO5)CC3)cc21. The van der Waals surface area contributed by atoms with Crippen LogP contribution in [0.2, 0.25) is 0 Å². The van der Waals surface area contributed by atoms with Crippen LogP contribution in [-0.4, -0.2) is 130 Å². The third kappa shape index (κ3) is 9.64. The summed E-state index contributed by atoms with van der Waals surface area (Å²) in [5, 5.41) is 28.8. The summed E-state index contributed by atoms with van der Waals surface area (Å²) in [5.74, 6) is -2.46. The second-order valence-electron chi connectivity index (χ2n) is 18.6. The van der Waals surface area contributed by atoms with Crippen LogP contribution in [-0.2, 0) is 31.6 Å². The van der Waals surface area contributed by atoms with Crippen molar-refractivity contribution in [1.82, 2.24) is 33.9 Å². The number of aliphatic hydroxyl groups is 1. The molecule has 1 spiro atoms. The summed E-state index contributed by atoms with van der Waals surface area (Å²) in [6, 6.07) is 10.0. The molecule has 0 unspecified atom stereocenters. The van der Waals surface area contributed by atoms with E-state index in [4.69, 9.17) is 9.47 Å². The molecule has 5 fully saturated rings. The summed E-state index contributed by atoms with van der Waals surface area (Å²) >= 11 is 0. The Kier molecular flexibility index (Phi) is 13.7. The Labute approximate surface area is 412 Å². The maximum absolute atomic E-state index is 15.7. The molecule has 5 aromatic rings. The number of nitrogens with one attached hydrogen (secondary N) is 2. The number of carbonyl (C=O) groups is 3. The highest BCUT2D eigenvalue weighted by molar-refractivity contribution is 7.90. The van der Waals surface area contributed by atoms with Crippen LogP contribution in [0, 0.1) is 23.0 Å². The van der Waals surface area contributed by atoms with Gasteiger partial charge in [0.15, 0.2) is 17.4 Å². The lowest BCUT2D eigenvalue weighted by atomic mass is 9.85. The minimum atomic E-state index is -4.27. The monoisotopic (exact) mass is 1020 g/mol. The van der Waals surface area contributed by atoms with Crippen molar-refractivity contribution >= 4 is 67.1 Å². The lowest BCUT2D eigenvalue weighted by molar-refractivity contribution is -0.142. The molecule has 0 bridgehead atoms. The molecule has 0 aliphatic carbocycles. The van der Waals surface area contributed by atoms with E-state index in [-0.39, 0.29) is 100.0 Å². The fraction of sp³-hybridized carbons (Fsp3) is 0.479. The molecule has 2 aromatic heterocycles. The summed E-state index contributed by atoms with van der Waals surface area (Å²) in [6.45, 7) is 5.20. The van der Waals surface area contributed by atoms with Crippen molar-refractivity contribution in [1.29, 1.82) is 5.26 Å². The Hall–Kier alpha value is -6.81. The van der Waals surface area contributed by atoms with Gasteiger partial charge in [0.05, 0.1) is 64.4 Å². The van der Waals surface area contributed by atoms with E-state index < -0.39 is 74.1 Å². The van der Waals surface area contributed by atoms with E-state index in [2.05, 4.69) is 20.1 Å². The number of benzene rings is 3. The zero-order chi connectivity index (χ0) is 51.3. The number of carbonyl (C=O) groups excluding carboxylic acids is 3. The summed E-state index contributed by atoms with van der Waals surface area (Å²) in [5.41, 5.74) is -1.88. The van der Waals surface area contributed by atoms with Gasteiger partial charge in [0.2, 0.25) is 11.8 Å². The smallest absolute Gasteiger partial charge is 0.329 e. The normalized spacial score (nSPS) is 21.2. The first kappa shape index (κ1) is 50.1. The number of nitriles is 1. The maximum Gasteiger partial charge on any atom is 0.329 e. The highest BCUT2D eigenvalue weighted by atomic mass is 32.2. The molecule has 7 heterocycles. The Bertz CT molecular complexity index is 3180. The minimum Gasteiger partial charge on any atom is -0.453 e. The van der Waals surface area contributed by atoms with Crippen molar-refractivity contribution in [2.45, 2.75) is 88.6 Å². The van der Waals surface area contributed by atoms with Crippen molar-refractivity contribution in [2.75, 3.05) is 66.9 Å². The zero-order valence-electron chi connectivity index (χ0n) is 39.9. The van der Waals surface area contributed by atoms with Crippen molar-refractivity contribution in [3.8, 4) is 17.6 Å². The number of alkyl halides is 1. The predicted octanol–water partition coefficient (Wildman–Crippen LogP) is 5.14. The molecule has 2 atom stereocenters. The number of imide groups is 1. The van der Waals surface area contributed by atoms with Gasteiger partial charge in [0.1, 0.15) is 29.4 Å². The summed E-state index contributed by atoms with van der Waals surface area (Å²) in [7, 11) is -2.59. The number of nitrogens with zero attached hydrogens (tertiary/aromatic N) is 9. The molecule has 72 heavy (non-hydrogen) atoms. The number of fused-ring (bicyclic) bond motifs is 2. The van der Waals surface area contributed by atoms with Crippen LogP contribution in [0.1, 0.15) is 76.8 Å². The van der Waals surface area contributed by atoms with Crippen LogP contribution in [0.25, 0.3) is 21.8 Å². The van der Waals surface area contributed by atoms with Gasteiger partial charge in [-0.05, 0) is 81.0 Å². The Morgan fingerprint density at radius 3 is 2.44 bits per heavy atom. The molecule has 5 aliphatic rings. The second-order valence-corrected chi connectivity index (χ2v) is 20.3. The molecule has 3 N–H and O–H groups in total. The first-order valence-electron chi connectivity index (χ1n) is 23.9. The molecule has 0 radical (unpaired) electrons. The fourth-order valence-corrected chi connectivity index (χ4v) is 11.5. The molecule has 5 aliphatic heterocycles. The molecule has 3 aromatic carbocycles. The molecular weight excluding hydrogens is 964 g/mol. The lowest BCUT2D eigenvalue weighted by Gasteiger charge is -2.42. The van der Waals surface area contributed by atoms with Gasteiger partial charge in [-0.25, -0.2) is 22.9 Å². The molecule has 10 rings (SSSR count). The van der Waals surface area contributed by atoms with Crippen LogP contribution in [0.15, 0.2) is 53.6 Å². The molecule has 382 valence electrons. The third-order valence-electron chi connectivity index (χ3n) is 14.2. The van der Waals surface area contributed by atoms with E-state index in [0.29, 0.717) is 54.5 Å². The van der Waals surface area contributed by atoms with Crippen LogP contribution < -0.4 is 30.1 Å². The van der Waals surface area contributed by atoms with Gasteiger partial charge in [0.25, 0.3) is 5.56 Å². The van der Waals surface area contributed by atoms with E-state index in [9.17, 15) is 42.4 Å². The largest absolute Gasteiger partial charge is 0.453 e. The number of urea groups is 1. The average molecular weight is 1020 g/mol. The van der Waals surface area contributed by atoms with Crippen LogP contribution in [0.3, 0.4) is 0 Å². The average Bonchev–Trinajstić information content (AvgIpc) is 4.08. The summed E-state index contributed by atoms with van der Waals surface area (Å²) < 4.78 is 88.9. The van der Waals surface area contributed by atoms with Crippen LogP contribution >= 0.6 is 0 Å². The van der Waals surface area contributed by atoms with E-state index in [1.807, 2.05) is 18.7 Å². The van der Waals surface area contributed by atoms with Gasteiger partial charge in [-0.2, -0.15) is 23.1 Å². The van der Waals surface area contributed by atoms with E-state index >= 15 is 8.78 Å². The second kappa shape index (κ2) is 19.7. The molecule has 0 saturated carbocycles.